The molecule has 0 radical (unpaired) electrons. The van der Waals surface area contributed by atoms with Gasteiger partial charge in [0.2, 0.25) is 0 Å². The molecule has 1 rings (SSSR count). The first-order valence-corrected chi connectivity index (χ1v) is 6.36. The smallest absolute Gasteiger partial charge is 0.00385 e. The van der Waals surface area contributed by atoms with Gasteiger partial charge in [-0.05, 0) is 57.7 Å². The van der Waals surface area contributed by atoms with Crippen molar-refractivity contribution in [3.63, 3.8) is 0 Å². The van der Waals surface area contributed by atoms with Gasteiger partial charge in [0.25, 0.3) is 0 Å². The van der Waals surface area contributed by atoms with Gasteiger partial charge in [0.15, 0.2) is 0 Å². The lowest BCUT2D eigenvalue weighted by molar-refractivity contribution is 0.150. The fourth-order valence-corrected chi connectivity index (χ4v) is 2.26. The summed E-state index contributed by atoms with van der Waals surface area (Å²) >= 11 is 0. The molecule has 1 aliphatic heterocycles. The highest BCUT2D eigenvalue weighted by atomic mass is 15.1. The average molecular weight is 219 g/mol. The van der Waals surface area contributed by atoms with Gasteiger partial charge >= 0.3 is 0 Å². The number of likely N-dealkylation sites (tertiary alicyclic amines) is 1. The van der Waals surface area contributed by atoms with Crippen LogP contribution in [-0.2, 0) is 0 Å². The van der Waals surface area contributed by atoms with Crippen molar-refractivity contribution in [2.75, 3.05) is 13.1 Å². The average Bonchev–Trinajstić information content (AvgIpc) is 2.31. The van der Waals surface area contributed by atoms with Gasteiger partial charge in [-0.25, -0.2) is 0 Å². The van der Waals surface area contributed by atoms with Crippen LogP contribution in [0.5, 0.6) is 0 Å². The highest BCUT2D eigenvalue weighted by Gasteiger charge is 2.19. The predicted molar refractivity (Wildman–Crippen MR) is 72.5 cm³/mol. The van der Waals surface area contributed by atoms with Crippen LogP contribution in [0.25, 0.3) is 0 Å². The summed E-state index contributed by atoms with van der Waals surface area (Å²) < 4.78 is 0. The van der Waals surface area contributed by atoms with E-state index >= 15 is 0 Å². The lowest BCUT2D eigenvalue weighted by atomic mass is 9.92. The van der Waals surface area contributed by atoms with E-state index in [1.165, 1.54) is 37.9 Å². The second-order valence-corrected chi connectivity index (χ2v) is 4.92. The van der Waals surface area contributed by atoms with E-state index in [-0.39, 0.29) is 0 Å². The summed E-state index contributed by atoms with van der Waals surface area (Å²) in [5, 5.41) is 0. The topological polar surface area (TPSA) is 3.24 Å². The van der Waals surface area contributed by atoms with E-state index in [1.54, 1.807) is 0 Å². The van der Waals surface area contributed by atoms with Gasteiger partial charge in [-0.3, -0.25) is 0 Å². The summed E-state index contributed by atoms with van der Waals surface area (Å²) in [5.41, 5.74) is 1.17. The highest BCUT2D eigenvalue weighted by Crippen LogP contribution is 2.22. The molecule has 1 nitrogen and oxygen atoms in total. The van der Waals surface area contributed by atoms with Crippen molar-refractivity contribution in [1.29, 1.82) is 0 Å². The molecule has 0 aromatic carbocycles. The molecular formula is C15H25N. The van der Waals surface area contributed by atoms with Crippen LogP contribution in [0.2, 0.25) is 0 Å². The minimum absolute atomic E-state index is 0.702. The van der Waals surface area contributed by atoms with E-state index in [9.17, 15) is 0 Å². The molecule has 1 aliphatic rings. The Hall–Kier alpha value is -0.820. The summed E-state index contributed by atoms with van der Waals surface area (Å²) in [6, 6.07) is 0.702. The fraction of sp³-hybridized carbons (Fsp3) is 0.600. The largest absolute Gasteiger partial charge is 0.301 e. The van der Waals surface area contributed by atoms with Gasteiger partial charge in [-0.1, -0.05) is 31.4 Å². The zero-order chi connectivity index (χ0) is 12.0. The third kappa shape index (κ3) is 3.97. The molecule has 0 aromatic rings. The van der Waals surface area contributed by atoms with E-state index in [4.69, 9.17) is 0 Å². The zero-order valence-electron chi connectivity index (χ0n) is 10.8. The fourth-order valence-electron chi connectivity index (χ4n) is 2.26. The minimum Gasteiger partial charge on any atom is -0.301 e. The Bertz CT molecular complexity index is 245. The number of hydrogen-bond donors (Lipinski definition) is 0. The van der Waals surface area contributed by atoms with Crippen LogP contribution < -0.4 is 0 Å². The maximum Gasteiger partial charge on any atom is 0.00385 e. The number of nitrogens with zero attached hydrogens (tertiary/aromatic N) is 1. The molecule has 90 valence electrons. The lowest BCUT2D eigenvalue weighted by Crippen LogP contribution is -2.38. The summed E-state index contributed by atoms with van der Waals surface area (Å²) in [7, 11) is 0. The van der Waals surface area contributed by atoms with E-state index in [1.807, 2.05) is 12.2 Å². The van der Waals surface area contributed by atoms with E-state index in [0.717, 1.165) is 5.92 Å². The van der Waals surface area contributed by atoms with Crippen LogP contribution in [-0.4, -0.2) is 24.0 Å². The Morgan fingerprint density at radius 2 is 1.81 bits per heavy atom. The molecule has 1 heteroatoms. The quantitative estimate of drug-likeness (QED) is 0.636. The van der Waals surface area contributed by atoms with Crippen LogP contribution in [0, 0.1) is 5.92 Å². The van der Waals surface area contributed by atoms with Crippen LogP contribution in [0.1, 0.15) is 33.1 Å². The third-order valence-electron chi connectivity index (χ3n) is 3.54. The van der Waals surface area contributed by atoms with E-state index < -0.39 is 0 Å². The summed E-state index contributed by atoms with van der Waals surface area (Å²) in [6.45, 7) is 14.7. The number of allylic oxidation sites excluding steroid dienone is 4. The van der Waals surface area contributed by atoms with Crippen molar-refractivity contribution in [3.8, 4) is 0 Å². The minimum atomic E-state index is 0.702. The van der Waals surface area contributed by atoms with Crippen molar-refractivity contribution in [2.45, 2.75) is 39.2 Å². The van der Waals surface area contributed by atoms with E-state index in [0.29, 0.717) is 6.04 Å². The van der Waals surface area contributed by atoms with E-state index in [2.05, 4.69) is 38.0 Å². The van der Waals surface area contributed by atoms with Crippen molar-refractivity contribution in [2.24, 2.45) is 5.92 Å². The molecular weight excluding hydrogens is 194 g/mol. The molecule has 0 bridgehead atoms. The van der Waals surface area contributed by atoms with Crippen molar-refractivity contribution < 1.29 is 0 Å². The molecule has 0 spiro atoms. The normalized spacial score (nSPS) is 18.4. The molecule has 0 saturated carbocycles. The van der Waals surface area contributed by atoms with Crippen LogP contribution in [0.3, 0.4) is 0 Å². The Morgan fingerprint density at radius 1 is 1.25 bits per heavy atom. The Labute approximate surface area is 101 Å². The van der Waals surface area contributed by atoms with Gasteiger partial charge < -0.3 is 4.90 Å². The SMILES string of the molecule is C=CC(C=C)=CCC1CCN(C(C)C)CC1. The molecule has 16 heavy (non-hydrogen) atoms. The first kappa shape index (κ1) is 13.2. The highest BCUT2D eigenvalue weighted by molar-refractivity contribution is 5.27. The summed E-state index contributed by atoms with van der Waals surface area (Å²) in [4.78, 5) is 2.57. The van der Waals surface area contributed by atoms with Gasteiger partial charge in [0.05, 0.1) is 0 Å². The van der Waals surface area contributed by atoms with Crippen molar-refractivity contribution >= 4 is 0 Å². The maximum atomic E-state index is 3.78. The maximum absolute atomic E-state index is 3.78. The Kier molecular flexibility index (Phi) is 5.54. The van der Waals surface area contributed by atoms with Gasteiger partial charge in [-0.2, -0.15) is 0 Å². The monoisotopic (exact) mass is 219 g/mol. The molecule has 0 aromatic heterocycles. The molecule has 1 fully saturated rings. The van der Waals surface area contributed by atoms with Crippen LogP contribution >= 0.6 is 0 Å². The molecule has 1 heterocycles. The van der Waals surface area contributed by atoms with Crippen molar-refractivity contribution in [1.82, 2.24) is 4.90 Å². The van der Waals surface area contributed by atoms with Gasteiger partial charge in [-0.15, -0.1) is 0 Å². The number of piperidine rings is 1. The molecule has 0 amide bonds. The molecule has 0 atom stereocenters. The van der Waals surface area contributed by atoms with Crippen LogP contribution in [0.15, 0.2) is 37.0 Å². The molecule has 1 saturated heterocycles. The Morgan fingerprint density at radius 3 is 2.25 bits per heavy atom. The third-order valence-corrected chi connectivity index (χ3v) is 3.54. The first-order valence-electron chi connectivity index (χ1n) is 6.36. The summed E-state index contributed by atoms with van der Waals surface area (Å²) in [5.74, 6) is 0.852. The number of hydrogen-bond acceptors (Lipinski definition) is 1. The zero-order valence-corrected chi connectivity index (χ0v) is 10.8. The van der Waals surface area contributed by atoms with Crippen molar-refractivity contribution in [3.05, 3.63) is 37.0 Å². The second kappa shape index (κ2) is 6.70. The lowest BCUT2D eigenvalue weighted by Gasteiger charge is -2.34. The first-order chi connectivity index (χ1) is 7.67. The number of rotatable bonds is 5. The van der Waals surface area contributed by atoms with Gasteiger partial charge in [0, 0.05) is 6.04 Å². The molecule has 0 N–H and O–H groups in total. The second-order valence-electron chi connectivity index (χ2n) is 4.92. The molecule has 0 unspecified atom stereocenters. The predicted octanol–water partition coefficient (Wildman–Crippen LogP) is 3.80. The van der Waals surface area contributed by atoms with Crippen LogP contribution in [0.4, 0.5) is 0 Å². The molecule has 0 aliphatic carbocycles. The summed E-state index contributed by atoms with van der Waals surface area (Å²) in [6.07, 6.45) is 9.88. The van der Waals surface area contributed by atoms with Gasteiger partial charge in [0.1, 0.15) is 0 Å². The Balaban J connectivity index is 2.35. The standard InChI is InChI=1S/C15H25N/c1-5-14(6-2)7-8-15-9-11-16(12-10-15)13(3)4/h5-7,13,15H,1-2,8-12H2,3-4H3.